The van der Waals surface area contributed by atoms with Crippen LogP contribution in [-0.4, -0.2) is 58.4 Å². The average molecular weight is 476 g/mol. The SMILES string of the molecule is COc1cccc(C(=O)COC(=O)c2ccc(OC)c(S(=O)(=O)N3CC(C)CC(C)C3)c2)c1. The van der Waals surface area contributed by atoms with Crippen LogP contribution in [0, 0.1) is 11.8 Å². The largest absolute Gasteiger partial charge is 0.497 e. The van der Waals surface area contributed by atoms with Gasteiger partial charge in [0, 0.05) is 18.7 Å². The molecule has 1 aliphatic heterocycles. The van der Waals surface area contributed by atoms with Crippen molar-refractivity contribution in [1.82, 2.24) is 4.31 Å². The molecule has 2 aromatic rings. The van der Waals surface area contributed by atoms with E-state index >= 15 is 0 Å². The van der Waals surface area contributed by atoms with Crippen molar-refractivity contribution in [3.05, 3.63) is 53.6 Å². The Balaban J connectivity index is 1.79. The minimum absolute atomic E-state index is 0.0194. The molecule has 0 N–H and O–H groups in total. The standard InChI is InChI=1S/C24H29NO7S/c1-16-10-17(2)14-25(13-16)33(28,29)23-12-19(8-9-22(23)31-4)24(27)32-15-21(26)18-6-5-7-20(11-18)30-3/h5-9,11-12,16-17H,10,13-15H2,1-4H3. The van der Waals surface area contributed by atoms with E-state index < -0.39 is 28.4 Å². The summed E-state index contributed by atoms with van der Waals surface area (Å²) < 4.78 is 43.7. The molecule has 0 spiro atoms. The van der Waals surface area contributed by atoms with Crippen molar-refractivity contribution in [2.45, 2.75) is 25.2 Å². The van der Waals surface area contributed by atoms with Gasteiger partial charge in [-0.05, 0) is 48.6 Å². The van der Waals surface area contributed by atoms with Crippen LogP contribution in [0.3, 0.4) is 0 Å². The van der Waals surface area contributed by atoms with E-state index in [9.17, 15) is 18.0 Å². The summed E-state index contributed by atoms with van der Waals surface area (Å²) in [6.07, 6.45) is 0.955. The van der Waals surface area contributed by atoms with E-state index in [4.69, 9.17) is 14.2 Å². The minimum Gasteiger partial charge on any atom is -0.497 e. The third-order valence-electron chi connectivity index (χ3n) is 5.58. The zero-order valence-corrected chi connectivity index (χ0v) is 20.1. The third kappa shape index (κ3) is 5.72. The molecule has 0 radical (unpaired) electrons. The number of rotatable bonds is 8. The van der Waals surface area contributed by atoms with Crippen LogP contribution in [-0.2, 0) is 14.8 Å². The fourth-order valence-electron chi connectivity index (χ4n) is 4.04. The van der Waals surface area contributed by atoms with Gasteiger partial charge in [0.2, 0.25) is 10.0 Å². The van der Waals surface area contributed by atoms with Crippen molar-refractivity contribution in [1.29, 1.82) is 0 Å². The van der Waals surface area contributed by atoms with Crippen molar-refractivity contribution in [3.63, 3.8) is 0 Å². The number of hydrogen-bond donors (Lipinski definition) is 0. The number of sulfonamides is 1. The van der Waals surface area contributed by atoms with Crippen LogP contribution in [0.25, 0.3) is 0 Å². The molecule has 2 atom stereocenters. The molecule has 1 aliphatic rings. The molecule has 2 unspecified atom stereocenters. The van der Waals surface area contributed by atoms with E-state index in [1.54, 1.807) is 24.3 Å². The molecule has 8 nitrogen and oxygen atoms in total. The first-order valence-electron chi connectivity index (χ1n) is 10.7. The molecule has 0 amide bonds. The maximum absolute atomic E-state index is 13.4. The van der Waals surface area contributed by atoms with E-state index in [-0.39, 0.29) is 28.0 Å². The Bertz CT molecular complexity index is 1120. The molecule has 33 heavy (non-hydrogen) atoms. The number of benzene rings is 2. The van der Waals surface area contributed by atoms with Crippen molar-refractivity contribution in [3.8, 4) is 11.5 Å². The molecule has 0 aromatic heterocycles. The Morgan fingerprint density at radius 2 is 1.67 bits per heavy atom. The number of ether oxygens (including phenoxy) is 3. The number of methoxy groups -OCH3 is 2. The number of esters is 1. The molecule has 1 saturated heterocycles. The molecule has 9 heteroatoms. The Kier molecular flexibility index (Phi) is 7.76. The summed E-state index contributed by atoms with van der Waals surface area (Å²) in [6, 6.07) is 10.6. The molecule has 2 aromatic carbocycles. The van der Waals surface area contributed by atoms with Gasteiger partial charge in [0.1, 0.15) is 16.4 Å². The van der Waals surface area contributed by atoms with Crippen molar-refractivity contribution in [2.75, 3.05) is 33.9 Å². The van der Waals surface area contributed by atoms with E-state index in [1.165, 1.54) is 36.7 Å². The molecule has 0 bridgehead atoms. The number of piperidine rings is 1. The normalized spacial score (nSPS) is 19.0. The Morgan fingerprint density at radius 3 is 2.30 bits per heavy atom. The van der Waals surface area contributed by atoms with E-state index in [1.807, 2.05) is 13.8 Å². The maximum Gasteiger partial charge on any atom is 0.338 e. The molecular formula is C24H29NO7S. The number of carbonyl (C=O) groups excluding carboxylic acids is 2. The second-order valence-corrected chi connectivity index (χ2v) is 10.3. The van der Waals surface area contributed by atoms with Gasteiger partial charge in [-0.2, -0.15) is 4.31 Å². The van der Waals surface area contributed by atoms with Gasteiger partial charge in [0.25, 0.3) is 0 Å². The van der Waals surface area contributed by atoms with Crippen LogP contribution in [0.1, 0.15) is 41.0 Å². The zero-order valence-electron chi connectivity index (χ0n) is 19.2. The van der Waals surface area contributed by atoms with Crippen LogP contribution < -0.4 is 9.47 Å². The first-order valence-corrected chi connectivity index (χ1v) is 12.1. The quantitative estimate of drug-likeness (QED) is 0.426. The monoisotopic (exact) mass is 475 g/mol. The zero-order chi connectivity index (χ0) is 24.2. The lowest BCUT2D eigenvalue weighted by molar-refractivity contribution is 0.0474. The predicted molar refractivity (Wildman–Crippen MR) is 122 cm³/mol. The van der Waals surface area contributed by atoms with Crippen molar-refractivity contribution in [2.24, 2.45) is 11.8 Å². The smallest absolute Gasteiger partial charge is 0.338 e. The molecular weight excluding hydrogens is 446 g/mol. The Labute approximate surface area is 194 Å². The Morgan fingerprint density at radius 1 is 0.970 bits per heavy atom. The first kappa shape index (κ1) is 24.7. The van der Waals surface area contributed by atoms with Crippen molar-refractivity contribution >= 4 is 21.8 Å². The topological polar surface area (TPSA) is 99.2 Å². The van der Waals surface area contributed by atoms with Gasteiger partial charge in [0.15, 0.2) is 12.4 Å². The van der Waals surface area contributed by atoms with E-state index in [0.29, 0.717) is 24.4 Å². The summed E-state index contributed by atoms with van der Waals surface area (Å²) in [6.45, 7) is 4.35. The van der Waals surface area contributed by atoms with Gasteiger partial charge in [-0.3, -0.25) is 4.79 Å². The number of ketones is 1. The first-order chi connectivity index (χ1) is 15.6. The van der Waals surface area contributed by atoms with Gasteiger partial charge in [-0.15, -0.1) is 0 Å². The minimum atomic E-state index is -3.89. The maximum atomic E-state index is 13.4. The number of nitrogens with zero attached hydrogens (tertiary/aromatic N) is 1. The highest BCUT2D eigenvalue weighted by Crippen LogP contribution is 2.32. The molecule has 1 heterocycles. The van der Waals surface area contributed by atoms with Gasteiger partial charge < -0.3 is 14.2 Å². The fraction of sp³-hybridized carbons (Fsp3) is 0.417. The summed E-state index contributed by atoms with van der Waals surface area (Å²) in [7, 11) is -1.02. The van der Waals surface area contributed by atoms with Crippen LogP contribution in [0.4, 0.5) is 0 Å². The summed E-state index contributed by atoms with van der Waals surface area (Å²) in [4.78, 5) is 24.9. The van der Waals surface area contributed by atoms with Gasteiger partial charge >= 0.3 is 5.97 Å². The lowest BCUT2D eigenvalue weighted by atomic mass is 9.94. The molecule has 178 valence electrons. The number of carbonyl (C=O) groups is 2. The van der Waals surface area contributed by atoms with E-state index in [2.05, 4.69) is 0 Å². The Hall–Kier alpha value is -2.91. The second kappa shape index (κ2) is 10.4. The predicted octanol–water partition coefficient (Wildman–Crippen LogP) is 3.41. The van der Waals surface area contributed by atoms with Crippen molar-refractivity contribution < 1.29 is 32.2 Å². The van der Waals surface area contributed by atoms with Crippen LogP contribution in [0.5, 0.6) is 11.5 Å². The third-order valence-corrected chi connectivity index (χ3v) is 7.43. The molecule has 3 rings (SSSR count). The van der Waals surface area contributed by atoms with Crippen LogP contribution >= 0.6 is 0 Å². The van der Waals surface area contributed by atoms with Crippen LogP contribution in [0.15, 0.2) is 47.4 Å². The lowest BCUT2D eigenvalue weighted by Gasteiger charge is -2.34. The summed E-state index contributed by atoms with van der Waals surface area (Å²) >= 11 is 0. The van der Waals surface area contributed by atoms with Gasteiger partial charge in [-0.25, -0.2) is 13.2 Å². The highest BCUT2D eigenvalue weighted by atomic mass is 32.2. The molecule has 0 saturated carbocycles. The highest BCUT2D eigenvalue weighted by Gasteiger charge is 2.34. The van der Waals surface area contributed by atoms with Gasteiger partial charge in [-0.1, -0.05) is 26.0 Å². The van der Waals surface area contributed by atoms with Gasteiger partial charge in [0.05, 0.1) is 19.8 Å². The second-order valence-electron chi connectivity index (χ2n) is 8.36. The van der Waals surface area contributed by atoms with E-state index in [0.717, 1.165) is 6.42 Å². The number of hydrogen-bond acceptors (Lipinski definition) is 7. The summed E-state index contributed by atoms with van der Waals surface area (Å²) in [5, 5.41) is 0. The average Bonchev–Trinajstić information content (AvgIpc) is 2.81. The molecule has 0 aliphatic carbocycles. The highest BCUT2D eigenvalue weighted by molar-refractivity contribution is 7.89. The molecule has 1 fully saturated rings. The summed E-state index contributed by atoms with van der Waals surface area (Å²) in [5.74, 6) is -0.0929. The van der Waals surface area contributed by atoms with Crippen LogP contribution in [0.2, 0.25) is 0 Å². The summed E-state index contributed by atoms with van der Waals surface area (Å²) in [5.41, 5.74) is 0.361. The lowest BCUT2D eigenvalue weighted by Crippen LogP contribution is -2.42. The number of Topliss-reactive ketones (excluding diaryl/α,β-unsaturated/α-hetero) is 1. The fourth-order valence-corrected chi connectivity index (χ4v) is 5.90.